The minimum absolute atomic E-state index is 0.0919. The van der Waals surface area contributed by atoms with Gasteiger partial charge in [0.05, 0.1) is 17.4 Å². The number of anilines is 1. The lowest BCUT2D eigenvalue weighted by Crippen LogP contribution is -2.66. The standard InChI is InChI=1S/C17H25N5O/c1-16(2)8-11(18)9-17(3,4)22(16)15(23)21-12-5-6-13-14(7-12)20-10-19-13/h5-7,10-11H,8-9,18H2,1-4H3,(H,19,20)(H,21,23). The van der Waals surface area contributed by atoms with Gasteiger partial charge < -0.3 is 20.9 Å². The van der Waals surface area contributed by atoms with Crippen LogP contribution in [0.3, 0.4) is 0 Å². The van der Waals surface area contributed by atoms with Crippen LogP contribution in [0.25, 0.3) is 11.0 Å². The van der Waals surface area contributed by atoms with E-state index in [0.29, 0.717) is 0 Å². The minimum atomic E-state index is -0.288. The number of likely N-dealkylation sites (tertiary alicyclic amines) is 1. The SMILES string of the molecule is CC1(C)CC(N)CC(C)(C)N1C(=O)Nc1ccc2nc[nH]c2c1. The van der Waals surface area contributed by atoms with Gasteiger partial charge in [-0.1, -0.05) is 0 Å². The van der Waals surface area contributed by atoms with Gasteiger partial charge in [-0.25, -0.2) is 9.78 Å². The average Bonchev–Trinajstić information content (AvgIpc) is 2.81. The smallest absolute Gasteiger partial charge is 0.322 e. The van der Waals surface area contributed by atoms with Gasteiger partial charge in [0.1, 0.15) is 0 Å². The van der Waals surface area contributed by atoms with E-state index in [0.717, 1.165) is 29.6 Å². The molecule has 1 aromatic carbocycles. The number of hydrogen-bond acceptors (Lipinski definition) is 3. The van der Waals surface area contributed by atoms with Gasteiger partial charge in [0.2, 0.25) is 0 Å². The molecule has 4 N–H and O–H groups in total. The first-order valence-corrected chi connectivity index (χ1v) is 7.99. The van der Waals surface area contributed by atoms with Gasteiger partial charge >= 0.3 is 6.03 Å². The van der Waals surface area contributed by atoms with Crippen molar-refractivity contribution in [1.82, 2.24) is 14.9 Å². The summed E-state index contributed by atoms with van der Waals surface area (Å²) in [5.74, 6) is 0. The summed E-state index contributed by atoms with van der Waals surface area (Å²) >= 11 is 0. The fraction of sp³-hybridized carbons (Fsp3) is 0.529. The molecule has 1 fully saturated rings. The zero-order valence-electron chi connectivity index (χ0n) is 14.2. The minimum Gasteiger partial charge on any atom is -0.345 e. The summed E-state index contributed by atoms with van der Waals surface area (Å²) in [6, 6.07) is 5.69. The molecular formula is C17H25N5O. The Hall–Kier alpha value is -2.08. The average molecular weight is 315 g/mol. The Bertz CT molecular complexity index is 715. The van der Waals surface area contributed by atoms with Crippen molar-refractivity contribution < 1.29 is 4.79 Å². The van der Waals surface area contributed by atoms with Crippen LogP contribution in [0.1, 0.15) is 40.5 Å². The number of nitrogens with zero attached hydrogens (tertiary/aromatic N) is 2. The number of nitrogens with two attached hydrogens (primary N) is 1. The van der Waals surface area contributed by atoms with E-state index in [-0.39, 0.29) is 23.2 Å². The lowest BCUT2D eigenvalue weighted by Gasteiger charge is -2.54. The van der Waals surface area contributed by atoms with E-state index in [1.165, 1.54) is 0 Å². The molecule has 0 atom stereocenters. The maximum Gasteiger partial charge on any atom is 0.322 e. The van der Waals surface area contributed by atoms with Crippen LogP contribution in [0.5, 0.6) is 0 Å². The summed E-state index contributed by atoms with van der Waals surface area (Å²) in [5, 5.41) is 3.02. The molecule has 1 aliphatic rings. The molecule has 0 unspecified atom stereocenters. The third-order valence-electron chi connectivity index (χ3n) is 4.61. The number of hydrogen-bond donors (Lipinski definition) is 3. The largest absolute Gasteiger partial charge is 0.345 e. The first-order chi connectivity index (χ1) is 10.7. The van der Waals surface area contributed by atoms with E-state index in [1.807, 2.05) is 23.1 Å². The Morgan fingerprint density at radius 2 is 1.96 bits per heavy atom. The number of urea groups is 1. The van der Waals surface area contributed by atoms with E-state index in [4.69, 9.17) is 5.73 Å². The summed E-state index contributed by atoms with van der Waals surface area (Å²) < 4.78 is 0. The van der Waals surface area contributed by atoms with Crippen LogP contribution in [0, 0.1) is 0 Å². The predicted molar refractivity (Wildman–Crippen MR) is 92.3 cm³/mol. The van der Waals surface area contributed by atoms with Crippen molar-refractivity contribution in [3.05, 3.63) is 24.5 Å². The van der Waals surface area contributed by atoms with Crippen molar-refractivity contribution in [1.29, 1.82) is 0 Å². The van der Waals surface area contributed by atoms with E-state index < -0.39 is 0 Å². The number of carbonyl (C=O) groups excluding carboxylic acids is 1. The summed E-state index contributed by atoms with van der Waals surface area (Å²) in [6.07, 6.45) is 3.24. The molecule has 6 heteroatoms. The molecule has 2 amide bonds. The molecule has 124 valence electrons. The quantitative estimate of drug-likeness (QED) is 0.756. The lowest BCUT2D eigenvalue weighted by atomic mass is 9.77. The van der Waals surface area contributed by atoms with Crippen LogP contribution >= 0.6 is 0 Å². The van der Waals surface area contributed by atoms with E-state index in [2.05, 4.69) is 43.0 Å². The van der Waals surface area contributed by atoms with Crippen molar-refractivity contribution in [2.75, 3.05) is 5.32 Å². The van der Waals surface area contributed by atoms with Gasteiger partial charge in [-0.2, -0.15) is 0 Å². The number of fused-ring (bicyclic) bond motifs is 1. The number of imidazole rings is 1. The van der Waals surface area contributed by atoms with Crippen LogP contribution in [-0.4, -0.2) is 38.0 Å². The molecule has 1 aromatic heterocycles. The second-order valence-electron chi connectivity index (χ2n) is 7.69. The van der Waals surface area contributed by atoms with Crippen LogP contribution in [0.2, 0.25) is 0 Å². The number of rotatable bonds is 1. The molecular weight excluding hydrogens is 290 g/mol. The molecule has 0 bridgehead atoms. The fourth-order valence-electron chi connectivity index (χ4n) is 4.10. The molecule has 2 aromatic rings. The summed E-state index contributed by atoms with van der Waals surface area (Å²) in [4.78, 5) is 22.1. The lowest BCUT2D eigenvalue weighted by molar-refractivity contribution is 0.00877. The van der Waals surface area contributed by atoms with Gasteiger partial charge in [0, 0.05) is 22.8 Å². The van der Waals surface area contributed by atoms with Gasteiger partial charge in [0.15, 0.2) is 0 Å². The molecule has 0 aliphatic carbocycles. The van der Waals surface area contributed by atoms with Crippen LogP contribution in [0.4, 0.5) is 10.5 Å². The van der Waals surface area contributed by atoms with Gasteiger partial charge in [-0.15, -0.1) is 0 Å². The topological polar surface area (TPSA) is 87.0 Å². The van der Waals surface area contributed by atoms with Gasteiger partial charge in [0.25, 0.3) is 0 Å². The first-order valence-electron chi connectivity index (χ1n) is 7.99. The summed E-state index contributed by atoms with van der Waals surface area (Å²) in [5.41, 5.74) is 8.15. The van der Waals surface area contributed by atoms with Crippen molar-refractivity contribution in [2.24, 2.45) is 5.73 Å². The van der Waals surface area contributed by atoms with Crippen molar-refractivity contribution in [3.63, 3.8) is 0 Å². The highest BCUT2D eigenvalue weighted by Crippen LogP contribution is 2.38. The number of H-pyrrole nitrogens is 1. The zero-order valence-corrected chi connectivity index (χ0v) is 14.2. The highest BCUT2D eigenvalue weighted by molar-refractivity contribution is 5.92. The van der Waals surface area contributed by atoms with E-state index in [9.17, 15) is 4.79 Å². The molecule has 2 heterocycles. The first kappa shape index (κ1) is 15.8. The Kier molecular flexibility index (Phi) is 3.59. The highest BCUT2D eigenvalue weighted by atomic mass is 16.2. The molecule has 23 heavy (non-hydrogen) atoms. The van der Waals surface area contributed by atoms with Crippen LogP contribution < -0.4 is 11.1 Å². The van der Waals surface area contributed by atoms with Gasteiger partial charge in [-0.3, -0.25) is 0 Å². The van der Waals surface area contributed by atoms with E-state index >= 15 is 0 Å². The number of carbonyl (C=O) groups is 1. The Morgan fingerprint density at radius 3 is 2.61 bits per heavy atom. The normalized spacial score (nSPS) is 20.7. The number of amides is 2. The second-order valence-corrected chi connectivity index (χ2v) is 7.69. The van der Waals surface area contributed by atoms with Crippen molar-refractivity contribution in [2.45, 2.75) is 57.7 Å². The Balaban J connectivity index is 1.85. The molecule has 0 radical (unpaired) electrons. The molecule has 0 spiro atoms. The molecule has 0 saturated carbocycles. The number of piperidine rings is 1. The summed E-state index contributed by atoms with van der Waals surface area (Å²) in [6.45, 7) is 8.30. The van der Waals surface area contributed by atoms with E-state index in [1.54, 1.807) is 6.33 Å². The highest BCUT2D eigenvalue weighted by Gasteiger charge is 2.46. The fourth-order valence-corrected chi connectivity index (χ4v) is 4.10. The Morgan fingerprint density at radius 1 is 1.30 bits per heavy atom. The van der Waals surface area contributed by atoms with Crippen LogP contribution in [0.15, 0.2) is 24.5 Å². The zero-order chi connectivity index (χ0) is 16.8. The molecule has 3 rings (SSSR count). The van der Waals surface area contributed by atoms with Crippen LogP contribution in [-0.2, 0) is 0 Å². The number of nitrogens with one attached hydrogen (secondary N) is 2. The maximum absolute atomic E-state index is 12.9. The predicted octanol–water partition coefficient (Wildman–Crippen LogP) is 3.08. The van der Waals surface area contributed by atoms with Crippen molar-refractivity contribution >= 4 is 22.8 Å². The number of benzene rings is 1. The molecule has 1 saturated heterocycles. The van der Waals surface area contributed by atoms with Crippen molar-refractivity contribution in [3.8, 4) is 0 Å². The molecule has 1 aliphatic heterocycles. The summed E-state index contributed by atoms with van der Waals surface area (Å²) in [7, 11) is 0. The van der Waals surface area contributed by atoms with Gasteiger partial charge in [-0.05, 0) is 58.7 Å². The second kappa shape index (κ2) is 5.23. The third kappa shape index (κ3) is 2.91. The monoisotopic (exact) mass is 315 g/mol. The third-order valence-corrected chi connectivity index (χ3v) is 4.61. The number of aromatic nitrogens is 2. The molecule has 6 nitrogen and oxygen atoms in total. The number of aromatic amines is 1. The Labute approximate surface area is 136 Å². The maximum atomic E-state index is 12.9.